The highest BCUT2D eigenvalue weighted by atomic mass is 16.5. The molecule has 0 aromatic heterocycles. The van der Waals surface area contributed by atoms with E-state index in [-0.39, 0.29) is 0 Å². The maximum atomic E-state index is 5.45. The Bertz CT molecular complexity index is 660. The zero-order valence-corrected chi connectivity index (χ0v) is 14.4. The average molecular weight is 326 g/mol. The van der Waals surface area contributed by atoms with Gasteiger partial charge in [0.1, 0.15) is 11.5 Å². The molecule has 2 atom stereocenters. The van der Waals surface area contributed by atoms with Crippen LogP contribution in [0.25, 0.3) is 0 Å². The van der Waals surface area contributed by atoms with E-state index in [0.29, 0.717) is 12.1 Å². The van der Waals surface area contributed by atoms with Crippen molar-refractivity contribution in [1.29, 1.82) is 0 Å². The lowest BCUT2D eigenvalue weighted by molar-refractivity contribution is 0.302. The van der Waals surface area contributed by atoms with Gasteiger partial charge in [-0.2, -0.15) is 0 Å². The molecule has 2 N–H and O–H groups in total. The molecule has 0 bridgehead atoms. The molecule has 24 heavy (non-hydrogen) atoms. The van der Waals surface area contributed by atoms with Crippen LogP contribution in [0.5, 0.6) is 11.5 Å². The van der Waals surface area contributed by atoms with Crippen LogP contribution >= 0.6 is 0 Å². The van der Waals surface area contributed by atoms with E-state index in [9.17, 15) is 0 Å². The van der Waals surface area contributed by atoms with Gasteiger partial charge in [-0.3, -0.25) is 0 Å². The Morgan fingerprint density at radius 2 is 1.96 bits per heavy atom. The van der Waals surface area contributed by atoms with Crippen molar-refractivity contribution in [3.63, 3.8) is 0 Å². The van der Waals surface area contributed by atoms with Crippen LogP contribution < -0.4 is 20.1 Å². The van der Waals surface area contributed by atoms with Crippen molar-refractivity contribution in [2.75, 3.05) is 20.8 Å². The number of rotatable bonds is 6. The Morgan fingerprint density at radius 3 is 2.79 bits per heavy atom. The van der Waals surface area contributed by atoms with E-state index >= 15 is 0 Å². The fourth-order valence-corrected chi connectivity index (χ4v) is 3.38. The third kappa shape index (κ3) is 3.89. The summed E-state index contributed by atoms with van der Waals surface area (Å²) in [6, 6.07) is 17.2. The summed E-state index contributed by atoms with van der Waals surface area (Å²) >= 11 is 0. The van der Waals surface area contributed by atoms with Gasteiger partial charge in [0.05, 0.1) is 14.2 Å². The first kappa shape index (κ1) is 16.8. The number of para-hydroxylation sites is 1. The molecule has 1 heterocycles. The number of ether oxygens (including phenoxy) is 2. The molecule has 1 aliphatic rings. The monoisotopic (exact) mass is 326 g/mol. The molecule has 4 heteroatoms. The molecule has 0 amide bonds. The number of hydrogen-bond donors (Lipinski definition) is 2. The summed E-state index contributed by atoms with van der Waals surface area (Å²) < 4.78 is 10.8. The van der Waals surface area contributed by atoms with Crippen LogP contribution in [0, 0.1) is 0 Å². The first-order valence-corrected chi connectivity index (χ1v) is 8.54. The van der Waals surface area contributed by atoms with E-state index in [1.165, 1.54) is 17.5 Å². The van der Waals surface area contributed by atoms with Crippen molar-refractivity contribution in [3.8, 4) is 11.5 Å². The molecule has 1 aliphatic heterocycles. The maximum Gasteiger partial charge on any atom is 0.123 e. The third-order valence-electron chi connectivity index (χ3n) is 4.66. The Hall–Kier alpha value is -2.04. The SMILES string of the molecule is COc1cccc([C@@H]2NCCC[C@@H]2NCc2ccccc2OC)c1. The first-order chi connectivity index (χ1) is 11.8. The van der Waals surface area contributed by atoms with E-state index in [1.54, 1.807) is 14.2 Å². The Balaban J connectivity index is 1.72. The smallest absolute Gasteiger partial charge is 0.123 e. The van der Waals surface area contributed by atoms with Gasteiger partial charge in [0.15, 0.2) is 0 Å². The van der Waals surface area contributed by atoms with Crippen molar-refractivity contribution >= 4 is 0 Å². The summed E-state index contributed by atoms with van der Waals surface area (Å²) in [5, 5.41) is 7.37. The molecular weight excluding hydrogens is 300 g/mol. The van der Waals surface area contributed by atoms with Crippen molar-refractivity contribution in [3.05, 3.63) is 59.7 Å². The topological polar surface area (TPSA) is 42.5 Å². The minimum atomic E-state index is 0.295. The predicted molar refractivity (Wildman–Crippen MR) is 96.6 cm³/mol. The van der Waals surface area contributed by atoms with Crippen molar-refractivity contribution in [2.24, 2.45) is 0 Å². The minimum absolute atomic E-state index is 0.295. The molecule has 0 aliphatic carbocycles. The molecule has 1 fully saturated rings. The molecule has 3 rings (SSSR count). The quantitative estimate of drug-likeness (QED) is 0.855. The molecular formula is C20H26N2O2. The first-order valence-electron chi connectivity index (χ1n) is 8.54. The van der Waals surface area contributed by atoms with Crippen LogP contribution in [-0.4, -0.2) is 26.8 Å². The lowest BCUT2D eigenvalue weighted by Gasteiger charge is -2.34. The van der Waals surface area contributed by atoms with Gasteiger partial charge < -0.3 is 20.1 Å². The lowest BCUT2D eigenvalue weighted by atomic mass is 9.92. The number of nitrogens with one attached hydrogen (secondary N) is 2. The van der Waals surface area contributed by atoms with Gasteiger partial charge in [0.25, 0.3) is 0 Å². The van der Waals surface area contributed by atoms with Gasteiger partial charge in [0, 0.05) is 24.2 Å². The summed E-state index contributed by atoms with van der Waals surface area (Å²) in [6.07, 6.45) is 2.34. The average Bonchev–Trinajstić information content (AvgIpc) is 2.67. The fraction of sp³-hybridized carbons (Fsp3) is 0.400. The summed E-state index contributed by atoms with van der Waals surface area (Å²) in [7, 11) is 3.44. The molecule has 0 spiro atoms. The Kier molecular flexibility index (Phi) is 5.72. The Labute approximate surface area is 144 Å². The molecule has 0 unspecified atom stereocenters. The third-order valence-corrected chi connectivity index (χ3v) is 4.66. The van der Waals surface area contributed by atoms with Crippen LogP contribution in [0.4, 0.5) is 0 Å². The molecule has 2 aromatic carbocycles. The fourth-order valence-electron chi connectivity index (χ4n) is 3.38. The van der Waals surface area contributed by atoms with Crippen molar-refractivity contribution < 1.29 is 9.47 Å². The van der Waals surface area contributed by atoms with Crippen molar-refractivity contribution in [2.45, 2.75) is 31.5 Å². The highest BCUT2D eigenvalue weighted by Gasteiger charge is 2.26. The van der Waals surface area contributed by atoms with E-state index < -0.39 is 0 Å². The molecule has 4 nitrogen and oxygen atoms in total. The summed E-state index contributed by atoms with van der Waals surface area (Å²) in [5.74, 6) is 1.84. The standard InChI is InChI=1S/C20H26N2O2/c1-23-17-9-5-8-15(13-17)20-18(10-6-12-21-20)22-14-16-7-3-4-11-19(16)24-2/h3-5,7-9,11,13,18,20-22H,6,10,12,14H2,1-2H3/t18-,20-/m0/s1. The van der Waals surface area contributed by atoms with E-state index in [1.807, 2.05) is 18.2 Å². The van der Waals surface area contributed by atoms with Crippen molar-refractivity contribution in [1.82, 2.24) is 10.6 Å². The van der Waals surface area contributed by atoms with Gasteiger partial charge in [-0.05, 0) is 43.1 Å². The van der Waals surface area contributed by atoms with E-state index in [4.69, 9.17) is 9.47 Å². The molecule has 0 radical (unpaired) electrons. The van der Waals surface area contributed by atoms with Crippen LogP contribution in [-0.2, 0) is 6.54 Å². The second-order valence-electron chi connectivity index (χ2n) is 6.15. The second-order valence-corrected chi connectivity index (χ2v) is 6.15. The summed E-state index contributed by atoms with van der Waals surface area (Å²) in [6.45, 7) is 1.85. The van der Waals surface area contributed by atoms with Crippen LogP contribution in [0.2, 0.25) is 0 Å². The molecule has 128 valence electrons. The summed E-state index contributed by atoms with van der Waals surface area (Å²) in [4.78, 5) is 0. The summed E-state index contributed by atoms with van der Waals surface area (Å²) in [5.41, 5.74) is 2.46. The van der Waals surface area contributed by atoms with Crippen LogP contribution in [0.3, 0.4) is 0 Å². The molecule has 2 aromatic rings. The minimum Gasteiger partial charge on any atom is -0.497 e. The van der Waals surface area contributed by atoms with E-state index in [2.05, 4.69) is 41.0 Å². The molecule has 0 saturated carbocycles. The predicted octanol–water partition coefficient (Wildman–Crippen LogP) is 3.29. The second kappa shape index (κ2) is 8.18. The van der Waals surface area contributed by atoms with Gasteiger partial charge in [0.2, 0.25) is 0 Å². The molecule has 1 saturated heterocycles. The van der Waals surface area contributed by atoms with Gasteiger partial charge in [-0.15, -0.1) is 0 Å². The van der Waals surface area contributed by atoms with Gasteiger partial charge in [-0.25, -0.2) is 0 Å². The largest absolute Gasteiger partial charge is 0.497 e. The highest BCUT2D eigenvalue weighted by Crippen LogP contribution is 2.27. The normalized spacial score (nSPS) is 20.6. The van der Waals surface area contributed by atoms with Crippen LogP contribution in [0.1, 0.15) is 30.0 Å². The highest BCUT2D eigenvalue weighted by molar-refractivity contribution is 5.34. The van der Waals surface area contributed by atoms with E-state index in [0.717, 1.165) is 31.0 Å². The zero-order valence-electron chi connectivity index (χ0n) is 14.4. The zero-order chi connectivity index (χ0) is 16.8. The lowest BCUT2D eigenvalue weighted by Crippen LogP contribution is -2.45. The van der Waals surface area contributed by atoms with Gasteiger partial charge in [-0.1, -0.05) is 30.3 Å². The maximum absolute atomic E-state index is 5.45. The number of hydrogen-bond acceptors (Lipinski definition) is 4. The van der Waals surface area contributed by atoms with Crippen LogP contribution in [0.15, 0.2) is 48.5 Å². The van der Waals surface area contributed by atoms with Gasteiger partial charge >= 0.3 is 0 Å². The number of benzene rings is 2. The number of piperidine rings is 1. The Morgan fingerprint density at radius 1 is 1.08 bits per heavy atom. The number of methoxy groups -OCH3 is 2.